The fourth-order valence-electron chi connectivity index (χ4n) is 2.27. The summed E-state index contributed by atoms with van der Waals surface area (Å²) >= 11 is 3.32. The highest BCUT2D eigenvalue weighted by Gasteiger charge is 2.46. The van der Waals surface area contributed by atoms with Crippen molar-refractivity contribution in [2.45, 2.75) is 38.7 Å². The zero-order valence-corrected chi connectivity index (χ0v) is 12.9. The molecule has 1 saturated carbocycles. The molecule has 2 rings (SSSR count). The molecule has 1 aromatic carbocycles. The van der Waals surface area contributed by atoms with Crippen LogP contribution in [-0.2, 0) is 0 Å². The summed E-state index contributed by atoms with van der Waals surface area (Å²) in [5, 5.41) is 2.63. The molecule has 0 radical (unpaired) electrons. The average Bonchev–Trinajstić information content (AvgIpc) is 2.31. The van der Waals surface area contributed by atoms with Crippen LogP contribution >= 0.6 is 15.9 Å². The number of amides is 1. The minimum absolute atomic E-state index is 0.291. The highest BCUT2D eigenvalue weighted by molar-refractivity contribution is 9.10. The highest BCUT2D eigenvalue weighted by atomic mass is 79.9. The molecule has 3 nitrogen and oxygen atoms in total. The second kappa shape index (κ2) is 5.68. The number of carbonyl (C=O) groups is 1. The molecule has 1 N–H and O–H groups in total. The number of ether oxygens (including phenoxy) is 1. The lowest BCUT2D eigenvalue weighted by Crippen LogP contribution is -2.50. The molecule has 0 spiro atoms. The predicted octanol–water partition coefficient (Wildman–Crippen LogP) is 3.68. The summed E-state index contributed by atoms with van der Waals surface area (Å²) in [6, 6.07) is 3.04. The van der Waals surface area contributed by atoms with Crippen molar-refractivity contribution in [3.8, 4) is 5.75 Å². The van der Waals surface area contributed by atoms with Crippen molar-refractivity contribution in [1.29, 1.82) is 0 Å². The first-order valence-electron chi connectivity index (χ1n) is 6.44. The first kappa shape index (κ1) is 15.2. The van der Waals surface area contributed by atoms with E-state index in [1.54, 1.807) is 19.1 Å². The zero-order valence-electron chi connectivity index (χ0n) is 11.3. The minimum Gasteiger partial charge on any atom is -0.494 e. The number of hydrogen-bond acceptors (Lipinski definition) is 2. The molecule has 0 atom stereocenters. The first-order valence-corrected chi connectivity index (χ1v) is 7.24. The lowest BCUT2D eigenvalue weighted by atomic mass is 9.88. The first-order chi connectivity index (χ1) is 9.34. The fraction of sp³-hybridized carbons (Fsp3) is 0.500. The van der Waals surface area contributed by atoms with Gasteiger partial charge in [-0.15, -0.1) is 0 Å². The van der Waals surface area contributed by atoms with E-state index in [-0.39, 0.29) is 18.7 Å². The van der Waals surface area contributed by atoms with Gasteiger partial charge >= 0.3 is 0 Å². The van der Waals surface area contributed by atoms with Crippen LogP contribution in [0.3, 0.4) is 0 Å². The molecule has 20 heavy (non-hydrogen) atoms. The van der Waals surface area contributed by atoms with Gasteiger partial charge in [-0.3, -0.25) is 4.79 Å². The number of benzene rings is 1. The van der Waals surface area contributed by atoms with Crippen molar-refractivity contribution in [3.05, 3.63) is 27.7 Å². The zero-order chi connectivity index (χ0) is 14.9. The normalized spacial score (nSPS) is 17.4. The van der Waals surface area contributed by atoms with Crippen molar-refractivity contribution >= 4 is 21.8 Å². The third-order valence-corrected chi connectivity index (χ3v) is 3.98. The number of hydrogen-bond donors (Lipinski definition) is 1. The van der Waals surface area contributed by atoms with Crippen molar-refractivity contribution in [1.82, 2.24) is 5.32 Å². The number of alkyl halides is 2. The Hall–Kier alpha value is -1.17. The van der Waals surface area contributed by atoms with Crippen LogP contribution < -0.4 is 10.1 Å². The third kappa shape index (κ3) is 3.11. The van der Waals surface area contributed by atoms with Crippen LogP contribution in [0, 0.1) is 6.92 Å². The van der Waals surface area contributed by atoms with Crippen LogP contribution in [0.1, 0.15) is 35.7 Å². The molecule has 1 amide bonds. The fourth-order valence-corrected chi connectivity index (χ4v) is 2.88. The van der Waals surface area contributed by atoms with E-state index in [1.807, 2.05) is 6.92 Å². The maximum atomic E-state index is 12.8. The van der Waals surface area contributed by atoms with Crippen LogP contribution in [-0.4, -0.2) is 24.5 Å². The van der Waals surface area contributed by atoms with Crippen LogP contribution in [0.15, 0.2) is 16.6 Å². The quantitative estimate of drug-likeness (QED) is 0.902. The van der Waals surface area contributed by atoms with E-state index in [4.69, 9.17) is 4.74 Å². The molecule has 1 aromatic rings. The van der Waals surface area contributed by atoms with Crippen molar-refractivity contribution in [3.63, 3.8) is 0 Å². The van der Waals surface area contributed by atoms with Gasteiger partial charge in [-0.05, 0) is 41.9 Å². The van der Waals surface area contributed by atoms with E-state index in [1.165, 1.54) is 0 Å². The summed E-state index contributed by atoms with van der Waals surface area (Å²) in [6.07, 6.45) is -0.582. The average molecular weight is 348 g/mol. The van der Waals surface area contributed by atoms with Crippen LogP contribution in [0.25, 0.3) is 0 Å². The molecule has 0 saturated heterocycles. The molecule has 0 unspecified atom stereocenters. The molecular weight excluding hydrogens is 332 g/mol. The maximum Gasteiger partial charge on any atom is 0.253 e. The van der Waals surface area contributed by atoms with Gasteiger partial charge in [0, 0.05) is 28.9 Å². The summed E-state index contributed by atoms with van der Waals surface area (Å²) in [5.41, 5.74) is 1.14. The Bertz CT molecular complexity index is 526. The van der Waals surface area contributed by atoms with Gasteiger partial charge in [0.15, 0.2) is 0 Å². The Morgan fingerprint density at radius 3 is 2.70 bits per heavy atom. The molecule has 1 fully saturated rings. The number of halogens is 3. The second-order valence-corrected chi connectivity index (χ2v) is 5.77. The largest absolute Gasteiger partial charge is 0.494 e. The lowest BCUT2D eigenvalue weighted by Gasteiger charge is -2.35. The Morgan fingerprint density at radius 1 is 1.50 bits per heavy atom. The Balaban J connectivity index is 2.15. The van der Waals surface area contributed by atoms with Gasteiger partial charge < -0.3 is 10.1 Å². The Morgan fingerprint density at radius 2 is 2.15 bits per heavy atom. The molecule has 1 aliphatic carbocycles. The molecule has 6 heteroatoms. The van der Waals surface area contributed by atoms with E-state index in [2.05, 4.69) is 21.2 Å². The summed E-state index contributed by atoms with van der Waals surface area (Å²) in [4.78, 5) is 12.2. The van der Waals surface area contributed by atoms with Crippen LogP contribution in [0.2, 0.25) is 0 Å². The standard InChI is InChI=1S/C14H16BrF2NO2/c1-3-20-11-5-4-10(15)12(8(11)2)13(19)18-9-6-14(16,17)7-9/h4-5,9H,3,6-7H2,1-2H3,(H,18,19). The van der Waals surface area contributed by atoms with E-state index >= 15 is 0 Å². The third-order valence-electron chi connectivity index (χ3n) is 3.32. The van der Waals surface area contributed by atoms with Crippen molar-refractivity contribution in [2.75, 3.05) is 6.61 Å². The lowest BCUT2D eigenvalue weighted by molar-refractivity contribution is -0.0901. The summed E-state index contributed by atoms with van der Waals surface area (Å²) in [5.74, 6) is -2.37. The van der Waals surface area contributed by atoms with E-state index in [9.17, 15) is 13.6 Å². The molecule has 0 bridgehead atoms. The summed E-state index contributed by atoms with van der Waals surface area (Å²) in [6.45, 7) is 4.14. The SMILES string of the molecule is CCOc1ccc(Br)c(C(=O)NC2CC(F)(F)C2)c1C. The maximum absolute atomic E-state index is 12.8. The summed E-state index contributed by atoms with van der Waals surface area (Å²) < 4.78 is 31.6. The monoisotopic (exact) mass is 347 g/mol. The van der Waals surface area contributed by atoms with Gasteiger partial charge in [-0.1, -0.05) is 0 Å². The second-order valence-electron chi connectivity index (χ2n) is 4.91. The van der Waals surface area contributed by atoms with E-state index in [0.29, 0.717) is 28.0 Å². The van der Waals surface area contributed by atoms with Gasteiger partial charge in [-0.25, -0.2) is 8.78 Å². The van der Waals surface area contributed by atoms with Gasteiger partial charge in [0.25, 0.3) is 11.8 Å². The van der Waals surface area contributed by atoms with E-state index < -0.39 is 12.0 Å². The van der Waals surface area contributed by atoms with Gasteiger partial charge in [0.1, 0.15) is 5.75 Å². The smallest absolute Gasteiger partial charge is 0.253 e. The van der Waals surface area contributed by atoms with Gasteiger partial charge in [0.05, 0.1) is 12.2 Å². The van der Waals surface area contributed by atoms with Crippen LogP contribution in [0.4, 0.5) is 8.78 Å². The Labute approximate surface area is 124 Å². The van der Waals surface area contributed by atoms with Gasteiger partial charge in [0.2, 0.25) is 0 Å². The van der Waals surface area contributed by atoms with Crippen molar-refractivity contribution < 1.29 is 18.3 Å². The number of nitrogens with one attached hydrogen (secondary N) is 1. The van der Waals surface area contributed by atoms with Crippen molar-refractivity contribution in [2.24, 2.45) is 0 Å². The Kier molecular flexibility index (Phi) is 4.32. The summed E-state index contributed by atoms with van der Waals surface area (Å²) in [7, 11) is 0. The molecule has 0 aliphatic heterocycles. The highest BCUT2D eigenvalue weighted by Crippen LogP contribution is 2.38. The number of rotatable bonds is 4. The number of carbonyl (C=O) groups excluding carboxylic acids is 1. The molecule has 0 heterocycles. The van der Waals surface area contributed by atoms with E-state index in [0.717, 1.165) is 0 Å². The molecule has 0 aromatic heterocycles. The molecule has 1 aliphatic rings. The predicted molar refractivity (Wildman–Crippen MR) is 75.5 cm³/mol. The molecular formula is C14H16BrF2NO2. The van der Waals surface area contributed by atoms with Gasteiger partial charge in [-0.2, -0.15) is 0 Å². The topological polar surface area (TPSA) is 38.3 Å². The van der Waals surface area contributed by atoms with Crippen LogP contribution in [0.5, 0.6) is 5.75 Å². The minimum atomic E-state index is -2.64. The molecule has 110 valence electrons.